The fourth-order valence-corrected chi connectivity index (χ4v) is 3.93. The summed E-state index contributed by atoms with van der Waals surface area (Å²) in [5.74, 6) is -1.62. The van der Waals surface area contributed by atoms with E-state index in [-0.39, 0.29) is 34.8 Å². The predicted octanol–water partition coefficient (Wildman–Crippen LogP) is 1.26. The molecule has 1 aliphatic heterocycles. The molecule has 0 spiro atoms. The second-order valence-electron chi connectivity index (χ2n) is 6.26. The first-order chi connectivity index (χ1) is 12.3. The van der Waals surface area contributed by atoms with E-state index in [1.54, 1.807) is 9.47 Å². The molecule has 1 N–H and O–H groups in total. The maximum atomic E-state index is 13.7. The summed E-state index contributed by atoms with van der Waals surface area (Å²) in [6.07, 6.45) is 1.99. The van der Waals surface area contributed by atoms with Crippen LogP contribution in [0.1, 0.15) is 28.3 Å². The van der Waals surface area contributed by atoms with E-state index in [9.17, 15) is 18.4 Å². The number of imidazole rings is 1. The van der Waals surface area contributed by atoms with Crippen LogP contribution < -0.4 is 0 Å². The van der Waals surface area contributed by atoms with Gasteiger partial charge in [0.2, 0.25) is 0 Å². The molecule has 1 amide bonds. The third kappa shape index (κ3) is 4.12. The van der Waals surface area contributed by atoms with Crippen LogP contribution in [0, 0.1) is 11.6 Å². The Morgan fingerprint density at radius 1 is 1.31 bits per heavy atom. The van der Waals surface area contributed by atoms with Gasteiger partial charge in [0.25, 0.3) is 0 Å². The SMILES string of the molecule is O=C(O)c1cn2c(n1)CN(C(=O)C[C@H]([AsH2])Cc1cc(F)ccc1F)CC2. The molecule has 138 valence electrons. The first-order valence-electron chi connectivity index (χ1n) is 8.10. The fraction of sp³-hybridized carbons (Fsp3) is 0.353. The van der Waals surface area contributed by atoms with Crippen molar-refractivity contribution in [3.63, 3.8) is 0 Å². The number of hydrogen-bond acceptors (Lipinski definition) is 3. The molecule has 2 atom stereocenters. The van der Waals surface area contributed by atoms with E-state index in [4.69, 9.17) is 5.11 Å². The van der Waals surface area contributed by atoms with Crippen LogP contribution in [-0.2, 0) is 24.3 Å². The van der Waals surface area contributed by atoms with Gasteiger partial charge in [-0.1, -0.05) is 0 Å². The molecule has 1 aromatic heterocycles. The van der Waals surface area contributed by atoms with Crippen molar-refractivity contribution in [2.75, 3.05) is 6.54 Å². The summed E-state index contributed by atoms with van der Waals surface area (Å²) in [5, 5.41) is 9.00. The minimum absolute atomic E-state index is 0.0346. The van der Waals surface area contributed by atoms with Crippen LogP contribution in [0.5, 0.6) is 0 Å². The normalized spacial score (nSPS) is 14.8. The predicted molar refractivity (Wildman–Crippen MR) is 91.6 cm³/mol. The third-order valence-corrected chi connectivity index (χ3v) is 5.29. The molecule has 0 radical (unpaired) electrons. The summed E-state index contributed by atoms with van der Waals surface area (Å²) < 4.78 is 28.6. The third-order valence-electron chi connectivity index (χ3n) is 4.30. The number of carbonyl (C=O) groups excluding carboxylic acids is 1. The topological polar surface area (TPSA) is 75.4 Å². The Kier molecular flexibility index (Phi) is 5.41. The number of halogens is 2. The number of carboxylic acids is 1. The van der Waals surface area contributed by atoms with Gasteiger partial charge in [0, 0.05) is 0 Å². The fourth-order valence-electron chi connectivity index (χ4n) is 2.98. The van der Waals surface area contributed by atoms with Crippen LogP contribution >= 0.6 is 0 Å². The molecule has 1 aliphatic rings. The molecular formula is C17H18AsF2N3O3. The molecule has 1 aromatic carbocycles. The number of nitrogens with zero attached hydrogens (tertiary/aromatic N) is 3. The van der Waals surface area contributed by atoms with E-state index in [1.807, 2.05) is 0 Å². The van der Waals surface area contributed by atoms with E-state index in [0.29, 0.717) is 25.3 Å². The molecule has 0 saturated heterocycles. The Balaban J connectivity index is 1.61. The van der Waals surface area contributed by atoms with Gasteiger partial charge in [-0.25, -0.2) is 0 Å². The minimum atomic E-state index is -1.10. The van der Waals surface area contributed by atoms with Crippen LogP contribution in [0.15, 0.2) is 24.4 Å². The van der Waals surface area contributed by atoms with Crippen molar-refractivity contribution in [2.45, 2.75) is 30.6 Å². The van der Waals surface area contributed by atoms with Crippen molar-refractivity contribution in [2.24, 2.45) is 0 Å². The zero-order valence-electron chi connectivity index (χ0n) is 13.9. The Morgan fingerprint density at radius 2 is 2.08 bits per heavy atom. The van der Waals surface area contributed by atoms with Gasteiger partial charge in [0.1, 0.15) is 0 Å². The Hall–Kier alpha value is -2.21. The molecule has 0 bridgehead atoms. The number of fused-ring (bicyclic) bond motifs is 1. The summed E-state index contributed by atoms with van der Waals surface area (Å²) in [6, 6.07) is 3.33. The number of benzene rings is 1. The summed E-state index contributed by atoms with van der Waals surface area (Å²) >= 11 is 1.30. The quantitative estimate of drug-likeness (QED) is 0.733. The van der Waals surface area contributed by atoms with E-state index >= 15 is 0 Å². The molecular weight excluding hydrogens is 407 g/mol. The van der Waals surface area contributed by atoms with Crippen molar-refractivity contribution in [1.29, 1.82) is 0 Å². The summed E-state index contributed by atoms with van der Waals surface area (Å²) in [6.45, 7) is 1.20. The van der Waals surface area contributed by atoms with Crippen LogP contribution in [0.4, 0.5) is 8.78 Å². The zero-order valence-corrected chi connectivity index (χ0v) is 16.3. The molecule has 2 heterocycles. The second kappa shape index (κ2) is 7.58. The first-order valence-corrected chi connectivity index (χ1v) is 9.50. The van der Waals surface area contributed by atoms with Crippen molar-refractivity contribution in [1.82, 2.24) is 14.5 Å². The Bertz CT molecular complexity index is 856. The van der Waals surface area contributed by atoms with E-state index < -0.39 is 17.6 Å². The second-order valence-corrected chi connectivity index (χ2v) is 8.24. The standard InChI is InChI=1S/C17H18AsF2N3O3/c18-11(5-10-6-12(19)1-2-13(10)20)7-16(24)23-4-3-22-8-14(17(25)26)21-15(22)9-23/h1-2,6,8,11H,3-5,7,9,18H2,(H,25,26)/t11-/m1/s1. The summed E-state index contributed by atoms with van der Waals surface area (Å²) in [7, 11) is 0. The van der Waals surface area contributed by atoms with Gasteiger partial charge in [0.05, 0.1) is 0 Å². The van der Waals surface area contributed by atoms with Crippen LogP contribution in [0.3, 0.4) is 0 Å². The number of hydrogen-bond donors (Lipinski definition) is 1. The molecule has 0 aliphatic carbocycles. The average Bonchev–Trinajstić information content (AvgIpc) is 3.01. The van der Waals surface area contributed by atoms with Crippen molar-refractivity contribution >= 4 is 28.7 Å². The summed E-state index contributed by atoms with van der Waals surface area (Å²) in [4.78, 5) is 29.2. The van der Waals surface area contributed by atoms with Gasteiger partial charge in [0.15, 0.2) is 0 Å². The number of aromatic nitrogens is 2. The Morgan fingerprint density at radius 3 is 2.81 bits per heavy atom. The number of carbonyl (C=O) groups is 2. The molecule has 0 fully saturated rings. The molecule has 9 heteroatoms. The van der Waals surface area contributed by atoms with Crippen LogP contribution in [-0.4, -0.2) is 54.8 Å². The molecule has 1 unspecified atom stereocenters. The monoisotopic (exact) mass is 425 g/mol. The number of amides is 1. The van der Waals surface area contributed by atoms with Crippen LogP contribution in [0.2, 0.25) is 4.71 Å². The van der Waals surface area contributed by atoms with Gasteiger partial charge >= 0.3 is 157 Å². The molecule has 0 saturated carbocycles. The van der Waals surface area contributed by atoms with E-state index in [0.717, 1.165) is 18.2 Å². The van der Waals surface area contributed by atoms with Gasteiger partial charge < -0.3 is 0 Å². The van der Waals surface area contributed by atoms with E-state index in [1.165, 1.54) is 23.0 Å². The maximum absolute atomic E-state index is 13.7. The molecule has 3 rings (SSSR count). The first kappa shape index (κ1) is 18.6. The van der Waals surface area contributed by atoms with Gasteiger partial charge in [-0.2, -0.15) is 0 Å². The van der Waals surface area contributed by atoms with E-state index in [2.05, 4.69) is 4.98 Å². The zero-order chi connectivity index (χ0) is 18.8. The average molecular weight is 425 g/mol. The molecule has 26 heavy (non-hydrogen) atoms. The van der Waals surface area contributed by atoms with Gasteiger partial charge in [-0.05, 0) is 0 Å². The Labute approximate surface area is 157 Å². The number of carboxylic acid groups (broad SMARTS) is 1. The number of aromatic carboxylic acids is 1. The summed E-state index contributed by atoms with van der Waals surface area (Å²) in [5.41, 5.74) is 0.236. The number of rotatable bonds is 5. The van der Waals surface area contributed by atoms with Crippen molar-refractivity contribution < 1.29 is 23.5 Å². The van der Waals surface area contributed by atoms with Crippen molar-refractivity contribution in [3.8, 4) is 0 Å². The van der Waals surface area contributed by atoms with Crippen LogP contribution in [0.25, 0.3) is 0 Å². The molecule has 6 nitrogen and oxygen atoms in total. The molecule has 2 aromatic rings. The van der Waals surface area contributed by atoms with Gasteiger partial charge in [-0.15, -0.1) is 0 Å². The van der Waals surface area contributed by atoms with Gasteiger partial charge in [-0.3, -0.25) is 0 Å². The van der Waals surface area contributed by atoms with Crippen molar-refractivity contribution in [3.05, 3.63) is 53.1 Å².